The Balaban J connectivity index is 2.22. The van der Waals surface area contributed by atoms with Crippen molar-refractivity contribution in [2.45, 2.75) is 16.2 Å². The first-order valence-electron chi connectivity index (χ1n) is 4.61. The second-order valence-corrected chi connectivity index (χ2v) is 5.90. The quantitative estimate of drug-likeness (QED) is 0.628. The molecular weight excluding hydrogens is 280 g/mol. The average Bonchev–Trinajstić information content (AvgIpc) is 2.63. The lowest BCUT2D eigenvalue weighted by Crippen LogP contribution is -1.82. The van der Waals surface area contributed by atoms with Gasteiger partial charge in [-0.3, -0.25) is 10.1 Å². The molecule has 0 saturated heterocycles. The smallest absolute Gasteiger partial charge is 0.257 e. The van der Waals surface area contributed by atoms with Crippen molar-refractivity contribution in [1.29, 1.82) is 0 Å². The molecule has 17 heavy (non-hydrogen) atoms. The maximum atomic E-state index is 10.6. The SMILES string of the molecule is Cc1ccc(Sc2nc(Cl)c([N+](=O)[O-])s2)cc1. The number of benzene rings is 1. The lowest BCUT2D eigenvalue weighted by atomic mass is 10.2. The number of nitro groups is 1. The minimum absolute atomic E-state index is 0.0467. The van der Waals surface area contributed by atoms with E-state index in [1.165, 1.54) is 11.8 Å². The van der Waals surface area contributed by atoms with Crippen LogP contribution in [-0.4, -0.2) is 9.91 Å². The van der Waals surface area contributed by atoms with E-state index < -0.39 is 4.92 Å². The van der Waals surface area contributed by atoms with E-state index in [9.17, 15) is 10.1 Å². The van der Waals surface area contributed by atoms with Crippen molar-refractivity contribution in [3.63, 3.8) is 0 Å². The molecule has 0 fully saturated rings. The Bertz CT molecular complexity index is 554. The molecule has 1 aromatic carbocycles. The minimum Gasteiger partial charge on any atom is -0.257 e. The van der Waals surface area contributed by atoms with E-state index in [-0.39, 0.29) is 10.2 Å². The van der Waals surface area contributed by atoms with Gasteiger partial charge in [0.25, 0.3) is 0 Å². The van der Waals surface area contributed by atoms with Crippen molar-refractivity contribution >= 4 is 39.7 Å². The Morgan fingerprint density at radius 3 is 2.59 bits per heavy atom. The van der Waals surface area contributed by atoms with E-state index in [1.54, 1.807) is 0 Å². The molecule has 2 rings (SSSR count). The number of rotatable bonds is 3. The molecular formula is C10H7ClN2O2S2. The predicted molar refractivity (Wildman–Crippen MR) is 69.1 cm³/mol. The van der Waals surface area contributed by atoms with Crippen molar-refractivity contribution in [2.24, 2.45) is 0 Å². The molecule has 0 saturated carbocycles. The molecule has 4 nitrogen and oxygen atoms in total. The third-order valence-electron chi connectivity index (χ3n) is 1.94. The number of hydrogen-bond acceptors (Lipinski definition) is 5. The van der Waals surface area contributed by atoms with Gasteiger partial charge in [-0.25, -0.2) is 4.98 Å². The molecule has 0 aliphatic rings. The lowest BCUT2D eigenvalue weighted by Gasteiger charge is -1.97. The Morgan fingerprint density at radius 2 is 2.06 bits per heavy atom. The monoisotopic (exact) mass is 286 g/mol. The number of hydrogen-bond donors (Lipinski definition) is 0. The van der Waals surface area contributed by atoms with Crippen LogP contribution in [0.4, 0.5) is 5.00 Å². The summed E-state index contributed by atoms with van der Waals surface area (Å²) in [4.78, 5) is 15.0. The van der Waals surface area contributed by atoms with Crippen LogP contribution in [0.2, 0.25) is 5.15 Å². The summed E-state index contributed by atoms with van der Waals surface area (Å²) in [7, 11) is 0. The zero-order chi connectivity index (χ0) is 12.4. The first-order chi connectivity index (χ1) is 8.06. The first-order valence-corrected chi connectivity index (χ1v) is 6.62. The molecule has 0 spiro atoms. The number of nitrogens with zero attached hydrogens (tertiary/aromatic N) is 2. The molecule has 0 aliphatic heterocycles. The highest BCUT2D eigenvalue weighted by molar-refractivity contribution is 8.01. The summed E-state index contributed by atoms with van der Waals surface area (Å²) in [5, 5.41) is 10.5. The van der Waals surface area contributed by atoms with Crippen LogP contribution in [0.5, 0.6) is 0 Å². The van der Waals surface area contributed by atoms with Gasteiger partial charge >= 0.3 is 5.00 Å². The van der Waals surface area contributed by atoms with Crippen molar-refractivity contribution in [3.05, 3.63) is 45.1 Å². The summed E-state index contributed by atoms with van der Waals surface area (Å²) < 4.78 is 0.575. The van der Waals surface area contributed by atoms with Crippen LogP contribution in [0.3, 0.4) is 0 Å². The van der Waals surface area contributed by atoms with Crippen LogP contribution in [0, 0.1) is 17.0 Å². The van der Waals surface area contributed by atoms with E-state index in [2.05, 4.69) is 4.98 Å². The van der Waals surface area contributed by atoms with E-state index in [1.807, 2.05) is 31.2 Å². The van der Waals surface area contributed by atoms with E-state index >= 15 is 0 Å². The topological polar surface area (TPSA) is 56.0 Å². The highest BCUT2D eigenvalue weighted by Crippen LogP contribution is 2.38. The van der Waals surface area contributed by atoms with E-state index in [0.717, 1.165) is 21.8 Å². The molecule has 0 unspecified atom stereocenters. The van der Waals surface area contributed by atoms with Gasteiger partial charge < -0.3 is 0 Å². The summed E-state index contributed by atoms with van der Waals surface area (Å²) in [5.74, 6) is 0. The first kappa shape index (κ1) is 12.3. The molecule has 0 radical (unpaired) electrons. The fourth-order valence-corrected chi connectivity index (χ4v) is 3.32. The minimum atomic E-state index is -0.515. The summed E-state index contributed by atoms with van der Waals surface area (Å²) in [6.07, 6.45) is 0. The van der Waals surface area contributed by atoms with Gasteiger partial charge in [0, 0.05) is 4.90 Å². The molecule has 2 aromatic rings. The highest BCUT2D eigenvalue weighted by atomic mass is 35.5. The Kier molecular flexibility index (Phi) is 3.66. The number of aromatic nitrogens is 1. The molecule has 1 heterocycles. The highest BCUT2D eigenvalue weighted by Gasteiger charge is 2.19. The number of halogens is 1. The molecule has 0 amide bonds. The van der Waals surface area contributed by atoms with Gasteiger partial charge in [0.2, 0.25) is 5.15 Å². The van der Waals surface area contributed by atoms with Gasteiger partial charge in [0.05, 0.1) is 4.92 Å². The van der Waals surface area contributed by atoms with Crippen molar-refractivity contribution < 1.29 is 4.92 Å². The van der Waals surface area contributed by atoms with Crippen molar-refractivity contribution in [1.82, 2.24) is 4.98 Å². The molecule has 88 valence electrons. The zero-order valence-electron chi connectivity index (χ0n) is 8.71. The third-order valence-corrected chi connectivity index (χ3v) is 4.39. The molecule has 1 aromatic heterocycles. The maximum absolute atomic E-state index is 10.6. The fourth-order valence-electron chi connectivity index (χ4n) is 1.14. The normalized spacial score (nSPS) is 10.5. The van der Waals surface area contributed by atoms with Gasteiger partial charge in [0.15, 0.2) is 4.34 Å². The van der Waals surface area contributed by atoms with Gasteiger partial charge in [-0.05, 0) is 30.4 Å². The fraction of sp³-hybridized carbons (Fsp3) is 0.100. The summed E-state index contributed by atoms with van der Waals surface area (Å²) in [5.41, 5.74) is 1.16. The summed E-state index contributed by atoms with van der Waals surface area (Å²) >= 11 is 8.03. The molecule has 0 bridgehead atoms. The van der Waals surface area contributed by atoms with Crippen molar-refractivity contribution in [3.8, 4) is 0 Å². The second-order valence-electron chi connectivity index (χ2n) is 3.25. The Morgan fingerprint density at radius 1 is 1.41 bits per heavy atom. The standard InChI is InChI=1S/C10H7ClN2O2S2/c1-6-2-4-7(5-3-6)16-10-12-8(11)9(17-10)13(14)15/h2-5H,1H3. The summed E-state index contributed by atoms with van der Waals surface area (Å²) in [6.45, 7) is 2.00. The molecule has 0 N–H and O–H groups in total. The van der Waals surface area contributed by atoms with Crippen LogP contribution in [-0.2, 0) is 0 Å². The Labute approximate surface area is 111 Å². The van der Waals surface area contributed by atoms with Gasteiger partial charge in [0.1, 0.15) is 0 Å². The average molecular weight is 287 g/mol. The van der Waals surface area contributed by atoms with Gasteiger partial charge in [-0.15, -0.1) is 0 Å². The van der Waals surface area contributed by atoms with Crippen LogP contribution in [0.25, 0.3) is 0 Å². The molecule has 0 atom stereocenters. The number of aryl methyl sites for hydroxylation is 1. The Hall–Kier alpha value is -1.11. The van der Waals surface area contributed by atoms with Gasteiger partial charge in [-0.1, -0.05) is 41.1 Å². The lowest BCUT2D eigenvalue weighted by molar-refractivity contribution is -0.380. The van der Waals surface area contributed by atoms with Crippen molar-refractivity contribution in [2.75, 3.05) is 0 Å². The van der Waals surface area contributed by atoms with Gasteiger partial charge in [-0.2, -0.15) is 0 Å². The second kappa shape index (κ2) is 5.03. The van der Waals surface area contributed by atoms with E-state index in [4.69, 9.17) is 11.6 Å². The van der Waals surface area contributed by atoms with Crippen LogP contribution < -0.4 is 0 Å². The van der Waals surface area contributed by atoms with E-state index in [0.29, 0.717) is 4.34 Å². The van der Waals surface area contributed by atoms with Crippen LogP contribution in [0.15, 0.2) is 33.5 Å². The largest absolute Gasteiger partial charge is 0.363 e. The molecule has 0 aliphatic carbocycles. The molecule has 7 heteroatoms. The number of thiazole rings is 1. The third kappa shape index (κ3) is 2.96. The van der Waals surface area contributed by atoms with Crippen LogP contribution >= 0.6 is 34.7 Å². The van der Waals surface area contributed by atoms with Crippen LogP contribution in [0.1, 0.15) is 5.56 Å². The maximum Gasteiger partial charge on any atom is 0.363 e. The predicted octanol–water partition coefficient (Wildman–Crippen LogP) is 4.16. The summed E-state index contributed by atoms with van der Waals surface area (Å²) in [6, 6.07) is 7.85. The zero-order valence-corrected chi connectivity index (χ0v) is 11.1.